The number of nitriles is 1. The number of rotatable bonds is 6. The predicted molar refractivity (Wildman–Crippen MR) is 115 cm³/mol. The van der Waals surface area contributed by atoms with Crippen LogP contribution in [0.2, 0.25) is 5.02 Å². The Morgan fingerprint density at radius 2 is 1.79 bits per heavy atom. The molecule has 1 fully saturated rings. The first-order chi connectivity index (χ1) is 14.2. The van der Waals surface area contributed by atoms with Crippen molar-refractivity contribution in [3.05, 3.63) is 70.9 Å². The highest BCUT2D eigenvalue weighted by molar-refractivity contribution is 6.30. The van der Waals surface area contributed by atoms with Crippen molar-refractivity contribution in [2.75, 3.05) is 25.0 Å². The topological polar surface area (TPSA) is 65.1 Å². The third-order valence-corrected chi connectivity index (χ3v) is 5.55. The van der Waals surface area contributed by atoms with Crippen molar-refractivity contribution in [2.24, 2.45) is 0 Å². The van der Waals surface area contributed by atoms with E-state index in [0.29, 0.717) is 18.3 Å². The molecule has 0 spiro atoms. The molecule has 0 amide bonds. The summed E-state index contributed by atoms with van der Waals surface area (Å²) in [5, 5.41) is 13.6. The van der Waals surface area contributed by atoms with Crippen molar-refractivity contribution in [1.82, 2.24) is 9.88 Å². The van der Waals surface area contributed by atoms with Crippen LogP contribution in [0.4, 0.5) is 5.88 Å². The summed E-state index contributed by atoms with van der Waals surface area (Å²) in [6, 6.07) is 19.9. The number of benzene rings is 2. The largest absolute Gasteiger partial charge is 0.419 e. The van der Waals surface area contributed by atoms with Gasteiger partial charge in [0.25, 0.3) is 0 Å². The molecular weight excluding hydrogens is 384 g/mol. The van der Waals surface area contributed by atoms with Crippen molar-refractivity contribution in [2.45, 2.75) is 25.3 Å². The SMILES string of the molecule is N#Cc1nc(-c2ccccc2)oc1NC[C@H](c1ccc(Cl)cc1)N1CCCCC1. The number of hydrogen-bond donors (Lipinski definition) is 1. The lowest BCUT2D eigenvalue weighted by molar-refractivity contribution is 0.170. The van der Waals surface area contributed by atoms with E-state index in [1.807, 2.05) is 42.5 Å². The fraction of sp³-hybridized carbons (Fsp3) is 0.304. The van der Waals surface area contributed by atoms with E-state index in [2.05, 4.69) is 33.4 Å². The Hall–Kier alpha value is -2.81. The Kier molecular flexibility index (Phi) is 6.14. The molecule has 1 saturated heterocycles. The summed E-state index contributed by atoms with van der Waals surface area (Å²) in [6.07, 6.45) is 3.68. The third kappa shape index (κ3) is 4.61. The zero-order valence-electron chi connectivity index (χ0n) is 16.1. The number of likely N-dealkylation sites (tertiary alicyclic amines) is 1. The van der Waals surface area contributed by atoms with Crippen LogP contribution in [0.5, 0.6) is 0 Å². The van der Waals surface area contributed by atoms with Crippen LogP contribution in [-0.2, 0) is 0 Å². The predicted octanol–water partition coefficient (Wildman–Crippen LogP) is 5.51. The lowest BCUT2D eigenvalue weighted by Crippen LogP contribution is -2.37. The number of halogens is 1. The quantitative estimate of drug-likeness (QED) is 0.585. The number of oxazole rings is 1. The van der Waals surface area contributed by atoms with E-state index in [1.54, 1.807) is 0 Å². The summed E-state index contributed by atoms with van der Waals surface area (Å²) >= 11 is 6.09. The highest BCUT2D eigenvalue weighted by Gasteiger charge is 2.24. The van der Waals surface area contributed by atoms with Crippen molar-refractivity contribution in [3.63, 3.8) is 0 Å². The van der Waals surface area contributed by atoms with Crippen LogP contribution >= 0.6 is 11.6 Å². The number of nitrogens with one attached hydrogen (secondary N) is 1. The molecule has 29 heavy (non-hydrogen) atoms. The van der Waals surface area contributed by atoms with Gasteiger partial charge >= 0.3 is 0 Å². The summed E-state index contributed by atoms with van der Waals surface area (Å²) in [5.74, 6) is 0.869. The van der Waals surface area contributed by atoms with E-state index in [9.17, 15) is 5.26 Å². The Balaban J connectivity index is 1.56. The molecular formula is C23H23ClN4O. The molecule has 1 aromatic heterocycles. The Bertz CT molecular complexity index is 972. The van der Waals surface area contributed by atoms with Gasteiger partial charge in [-0.2, -0.15) is 10.2 Å². The second-order valence-corrected chi connectivity index (χ2v) is 7.66. The molecule has 6 heteroatoms. The van der Waals surface area contributed by atoms with E-state index in [0.717, 1.165) is 23.7 Å². The summed E-state index contributed by atoms with van der Waals surface area (Å²) in [4.78, 5) is 6.84. The standard InChI is InChI=1S/C23H23ClN4O/c24-19-11-9-17(10-12-19)21(28-13-5-2-6-14-28)16-26-23-20(15-25)27-22(29-23)18-7-3-1-4-8-18/h1,3-4,7-12,21,26H,2,5-6,13-14,16H2/t21-/m1/s1. The van der Waals surface area contributed by atoms with Gasteiger partial charge in [0.15, 0.2) is 0 Å². The molecule has 0 saturated carbocycles. The van der Waals surface area contributed by atoms with E-state index in [1.165, 1.54) is 24.8 Å². The number of piperidine rings is 1. The maximum absolute atomic E-state index is 9.50. The molecule has 5 nitrogen and oxygen atoms in total. The lowest BCUT2D eigenvalue weighted by Gasteiger charge is -2.35. The molecule has 2 heterocycles. The van der Waals surface area contributed by atoms with Crippen molar-refractivity contribution >= 4 is 17.5 Å². The number of aromatic nitrogens is 1. The molecule has 3 aromatic rings. The Morgan fingerprint density at radius 3 is 2.48 bits per heavy atom. The van der Waals surface area contributed by atoms with Crippen molar-refractivity contribution < 1.29 is 4.42 Å². The molecule has 1 aliphatic heterocycles. The van der Waals surface area contributed by atoms with Crippen LogP contribution in [0.1, 0.15) is 36.6 Å². The van der Waals surface area contributed by atoms with Gasteiger partial charge < -0.3 is 9.73 Å². The lowest BCUT2D eigenvalue weighted by atomic mass is 10.0. The van der Waals surface area contributed by atoms with Gasteiger partial charge in [-0.05, 0) is 55.8 Å². The van der Waals surface area contributed by atoms with Crippen molar-refractivity contribution in [3.8, 4) is 17.5 Å². The average Bonchev–Trinajstić information content (AvgIpc) is 3.20. The molecule has 0 unspecified atom stereocenters. The fourth-order valence-corrected chi connectivity index (χ4v) is 3.91. The van der Waals surface area contributed by atoms with E-state index in [4.69, 9.17) is 16.0 Å². The second kappa shape index (κ2) is 9.13. The summed E-state index contributed by atoms with van der Waals surface area (Å²) in [6.45, 7) is 2.75. The van der Waals surface area contributed by atoms with Gasteiger partial charge in [0.2, 0.25) is 17.5 Å². The maximum Gasteiger partial charge on any atom is 0.232 e. The van der Waals surface area contributed by atoms with Crippen LogP contribution in [0, 0.1) is 11.3 Å². The van der Waals surface area contributed by atoms with Gasteiger partial charge in [-0.15, -0.1) is 0 Å². The Morgan fingerprint density at radius 1 is 1.07 bits per heavy atom. The van der Waals surface area contributed by atoms with E-state index >= 15 is 0 Å². The van der Waals surface area contributed by atoms with Gasteiger partial charge in [0.05, 0.1) is 6.04 Å². The summed E-state index contributed by atoms with van der Waals surface area (Å²) in [7, 11) is 0. The van der Waals surface area contributed by atoms with Crippen LogP contribution in [0.15, 0.2) is 59.0 Å². The Labute approximate surface area is 175 Å². The third-order valence-electron chi connectivity index (χ3n) is 5.30. The number of hydrogen-bond acceptors (Lipinski definition) is 5. The monoisotopic (exact) mass is 406 g/mol. The smallest absolute Gasteiger partial charge is 0.232 e. The highest BCUT2D eigenvalue weighted by Crippen LogP contribution is 2.29. The summed E-state index contributed by atoms with van der Waals surface area (Å²) in [5.41, 5.74) is 2.32. The second-order valence-electron chi connectivity index (χ2n) is 7.22. The molecule has 148 valence electrons. The minimum atomic E-state index is 0.171. The first kappa shape index (κ1) is 19.5. The molecule has 0 radical (unpaired) electrons. The first-order valence-electron chi connectivity index (χ1n) is 9.94. The number of nitrogens with zero attached hydrogens (tertiary/aromatic N) is 3. The van der Waals surface area contributed by atoms with Crippen molar-refractivity contribution in [1.29, 1.82) is 5.26 Å². The molecule has 1 aliphatic rings. The average molecular weight is 407 g/mol. The van der Waals surface area contributed by atoms with Crippen LogP contribution in [0.3, 0.4) is 0 Å². The molecule has 0 aliphatic carbocycles. The van der Waals surface area contributed by atoms with E-state index in [-0.39, 0.29) is 11.7 Å². The molecule has 0 bridgehead atoms. The fourth-order valence-electron chi connectivity index (χ4n) is 3.78. The van der Waals surface area contributed by atoms with Gasteiger partial charge in [0, 0.05) is 17.1 Å². The van der Waals surface area contributed by atoms with Crippen LogP contribution in [0.25, 0.3) is 11.5 Å². The van der Waals surface area contributed by atoms with Gasteiger partial charge in [-0.25, -0.2) is 0 Å². The molecule has 1 N–H and O–H groups in total. The zero-order chi connectivity index (χ0) is 20.1. The maximum atomic E-state index is 9.50. The van der Waals surface area contributed by atoms with E-state index < -0.39 is 0 Å². The zero-order valence-corrected chi connectivity index (χ0v) is 16.9. The van der Waals surface area contributed by atoms with Gasteiger partial charge in [-0.3, -0.25) is 4.90 Å². The summed E-state index contributed by atoms with van der Waals surface area (Å²) < 4.78 is 5.90. The molecule has 2 aromatic carbocycles. The normalized spacial score (nSPS) is 15.6. The van der Waals surface area contributed by atoms with Gasteiger partial charge in [0.1, 0.15) is 6.07 Å². The van der Waals surface area contributed by atoms with Crippen LogP contribution < -0.4 is 5.32 Å². The highest BCUT2D eigenvalue weighted by atomic mass is 35.5. The minimum Gasteiger partial charge on any atom is -0.419 e. The van der Waals surface area contributed by atoms with Gasteiger partial charge in [-0.1, -0.05) is 48.4 Å². The number of anilines is 1. The first-order valence-corrected chi connectivity index (χ1v) is 10.3. The molecule has 1 atom stereocenters. The molecule has 4 rings (SSSR count). The minimum absolute atomic E-state index is 0.171. The van der Waals surface area contributed by atoms with Crippen LogP contribution in [-0.4, -0.2) is 29.5 Å².